The van der Waals surface area contributed by atoms with Crippen LogP contribution < -0.4 is 0 Å². The average Bonchev–Trinajstić information content (AvgIpc) is 2.16. The van der Waals surface area contributed by atoms with Crippen molar-refractivity contribution < 1.29 is 0 Å². The molecule has 0 aliphatic carbocycles. The third-order valence-electron chi connectivity index (χ3n) is 1.75. The van der Waals surface area contributed by atoms with E-state index in [9.17, 15) is 0 Å². The van der Waals surface area contributed by atoms with E-state index in [1.54, 1.807) is 0 Å². The van der Waals surface area contributed by atoms with E-state index in [0.29, 0.717) is 0 Å². The van der Waals surface area contributed by atoms with Gasteiger partial charge in [0.1, 0.15) is 0 Å². The van der Waals surface area contributed by atoms with Crippen molar-refractivity contribution in [2.24, 2.45) is 0 Å². The van der Waals surface area contributed by atoms with Crippen LogP contribution in [0.5, 0.6) is 0 Å². The highest BCUT2D eigenvalue weighted by Crippen LogP contribution is 2.19. The Kier molecular flexibility index (Phi) is 4.69. The van der Waals surface area contributed by atoms with Gasteiger partial charge in [-0.2, -0.15) is 0 Å². The van der Waals surface area contributed by atoms with Crippen LogP contribution in [0.15, 0.2) is 41.8 Å². The number of rotatable bonds is 5. The SMILES string of the molecule is C=CCc1cccc(SCCC)c1. The van der Waals surface area contributed by atoms with E-state index in [1.165, 1.54) is 22.6 Å². The first-order valence-corrected chi connectivity index (χ1v) is 5.68. The van der Waals surface area contributed by atoms with Crippen LogP contribution in [0.1, 0.15) is 18.9 Å². The summed E-state index contributed by atoms with van der Waals surface area (Å²) in [7, 11) is 0. The molecule has 0 atom stereocenters. The van der Waals surface area contributed by atoms with Crippen LogP contribution in [-0.4, -0.2) is 5.75 Å². The molecule has 0 unspecified atom stereocenters. The van der Waals surface area contributed by atoms with Crippen molar-refractivity contribution in [1.29, 1.82) is 0 Å². The monoisotopic (exact) mass is 192 g/mol. The van der Waals surface area contributed by atoms with Crippen molar-refractivity contribution >= 4 is 11.8 Å². The highest BCUT2D eigenvalue weighted by molar-refractivity contribution is 7.99. The van der Waals surface area contributed by atoms with Gasteiger partial charge in [0.05, 0.1) is 0 Å². The van der Waals surface area contributed by atoms with Gasteiger partial charge in [-0.05, 0) is 36.3 Å². The molecule has 0 nitrogen and oxygen atoms in total. The molecule has 0 radical (unpaired) electrons. The molecular formula is C12H16S. The van der Waals surface area contributed by atoms with Gasteiger partial charge < -0.3 is 0 Å². The summed E-state index contributed by atoms with van der Waals surface area (Å²) in [5, 5.41) is 0. The minimum Gasteiger partial charge on any atom is -0.126 e. The molecule has 1 rings (SSSR count). The molecule has 0 heterocycles. The quantitative estimate of drug-likeness (QED) is 0.503. The number of hydrogen-bond acceptors (Lipinski definition) is 1. The normalized spacial score (nSPS) is 9.92. The molecule has 0 fully saturated rings. The van der Waals surface area contributed by atoms with Gasteiger partial charge in [-0.15, -0.1) is 18.3 Å². The zero-order valence-corrected chi connectivity index (χ0v) is 8.94. The first-order chi connectivity index (χ1) is 6.36. The van der Waals surface area contributed by atoms with Crippen LogP contribution in [0.2, 0.25) is 0 Å². The lowest BCUT2D eigenvalue weighted by molar-refractivity contribution is 1.10. The Hall–Kier alpha value is -0.690. The molecule has 0 spiro atoms. The second-order valence-electron chi connectivity index (χ2n) is 2.99. The van der Waals surface area contributed by atoms with Crippen molar-refractivity contribution in [3.05, 3.63) is 42.5 Å². The standard InChI is InChI=1S/C12H16S/c1-3-6-11-7-5-8-12(10-11)13-9-4-2/h3,5,7-8,10H,1,4,6,9H2,2H3. The first-order valence-electron chi connectivity index (χ1n) is 4.69. The highest BCUT2D eigenvalue weighted by atomic mass is 32.2. The summed E-state index contributed by atoms with van der Waals surface area (Å²) in [4.78, 5) is 1.38. The van der Waals surface area contributed by atoms with Crippen LogP contribution in [0.3, 0.4) is 0 Å². The summed E-state index contributed by atoms with van der Waals surface area (Å²) in [6, 6.07) is 8.70. The minimum atomic E-state index is 0.973. The van der Waals surface area contributed by atoms with E-state index in [2.05, 4.69) is 37.8 Å². The molecule has 13 heavy (non-hydrogen) atoms. The fourth-order valence-corrected chi connectivity index (χ4v) is 2.00. The Morgan fingerprint density at radius 3 is 3.00 bits per heavy atom. The van der Waals surface area contributed by atoms with Crippen molar-refractivity contribution in [2.75, 3.05) is 5.75 Å². The van der Waals surface area contributed by atoms with Gasteiger partial charge >= 0.3 is 0 Å². The second-order valence-corrected chi connectivity index (χ2v) is 4.16. The van der Waals surface area contributed by atoms with E-state index in [0.717, 1.165) is 6.42 Å². The van der Waals surface area contributed by atoms with Crippen LogP contribution in [0, 0.1) is 0 Å². The zero-order valence-electron chi connectivity index (χ0n) is 8.12. The van der Waals surface area contributed by atoms with E-state index in [4.69, 9.17) is 0 Å². The van der Waals surface area contributed by atoms with Gasteiger partial charge in [0.2, 0.25) is 0 Å². The topological polar surface area (TPSA) is 0 Å². The molecule has 0 bridgehead atoms. The van der Waals surface area contributed by atoms with Crippen molar-refractivity contribution in [3.8, 4) is 0 Å². The van der Waals surface area contributed by atoms with Gasteiger partial charge in [-0.1, -0.05) is 25.1 Å². The third kappa shape index (κ3) is 3.69. The maximum atomic E-state index is 3.74. The third-order valence-corrected chi connectivity index (χ3v) is 2.95. The predicted octanol–water partition coefficient (Wildman–Crippen LogP) is 3.92. The molecule has 0 saturated heterocycles. The zero-order chi connectivity index (χ0) is 9.52. The summed E-state index contributed by atoms with van der Waals surface area (Å²) < 4.78 is 0. The fourth-order valence-electron chi connectivity index (χ4n) is 1.15. The van der Waals surface area contributed by atoms with Crippen LogP contribution in [0.25, 0.3) is 0 Å². The Morgan fingerprint density at radius 2 is 2.31 bits per heavy atom. The molecule has 1 heteroatoms. The van der Waals surface area contributed by atoms with E-state index in [-0.39, 0.29) is 0 Å². The summed E-state index contributed by atoms with van der Waals surface area (Å²) in [5.74, 6) is 1.21. The Morgan fingerprint density at radius 1 is 1.46 bits per heavy atom. The highest BCUT2D eigenvalue weighted by Gasteiger charge is 1.94. The van der Waals surface area contributed by atoms with Crippen LogP contribution >= 0.6 is 11.8 Å². The summed E-state index contributed by atoms with van der Waals surface area (Å²) in [5.41, 5.74) is 1.36. The van der Waals surface area contributed by atoms with E-state index in [1.807, 2.05) is 17.8 Å². The van der Waals surface area contributed by atoms with Gasteiger partial charge in [0.15, 0.2) is 0 Å². The molecule has 0 N–H and O–H groups in total. The summed E-state index contributed by atoms with van der Waals surface area (Å²) in [6.07, 6.45) is 4.15. The Balaban J connectivity index is 2.61. The molecule has 0 aromatic heterocycles. The van der Waals surface area contributed by atoms with Crippen LogP contribution in [0.4, 0.5) is 0 Å². The van der Waals surface area contributed by atoms with Gasteiger partial charge in [-0.3, -0.25) is 0 Å². The van der Waals surface area contributed by atoms with Crippen molar-refractivity contribution in [3.63, 3.8) is 0 Å². The number of allylic oxidation sites excluding steroid dienone is 1. The lowest BCUT2D eigenvalue weighted by Crippen LogP contribution is -1.82. The van der Waals surface area contributed by atoms with Crippen molar-refractivity contribution in [2.45, 2.75) is 24.7 Å². The van der Waals surface area contributed by atoms with E-state index < -0.39 is 0 Å². The average molecular weight is 192 g/mol. The predicted molar refractivity (Wildman–Crippen MR) is 61.4 cm³/mol. The second kappa shape index (κ2) is 5.87. The lowest BCUT2D eigenvalue weighted by Gasteiger charge is -2.01. The molecule has 0 aliphatic rings. The number of benzene rings is 1. The number of hydrogen-bond donors (Lipinski definition) is 0. The molecule has 70 valence electrons. The maximum Gasteiger partial charge on any atom is 0.00747 e. The molecule has 1 aromatic carbocycles. The van der Waals surface area contributed by atoms with Gasteiger partial charge in [0, 0.05) is 4.90 Å². The molecular weight excluding hydrogens is 176 g/mol. The molecule has 1 aromatic rings. The molecule has 0 aliphatic heterocycles. The maximum absolute atomic E-state index is 3.74. The summed E-state index contributed by atoms with van der Waals surface area (Å²) in [6.45, 7) is 5.95. The lowest BCUT2D eigenvalue weighted by atomic mass is 10.2. The minimum absolute atomic E-state index is 0.973. The number of thioether (sulfide) groups is 1. The fraction of sp³-hybridized carbons (Fsp3) is 0.333. The first kappa shape index (κ1) is 10.4. The summed E-state index contributed by atoms with van der Waals surface area (Å²) >= 11 is 1.93. The van der Waals surface area contributed by atoms with Crippen LogP contribution in [-0.2, 0) is 6.42 Å². The van der Waals surface area contributed by atoms with Gasteiger partial charge in [0.25, 0.3) is 0 Å². The Labute approximate surface area is 85.1 Å². The molecule has 0 saturated carbocycles. The largest absolute Gasteiger partial charge is 0.126 e. The molecule has 0 amide bonds. The van der Waals surface area contributed by atoms with Gasteiger partial charge in [-0.25, -0.2) is 0 Å². The van der Waals surface area contributed by atoms with Crippen molar-refractivity contribution in [1.82, 2.24) is 0 Å². The van der Waals surface area contributed by atoms with E-state index >= 15 is 0 Å². The Bertz CT molecular complexity index is 266. The smallest absolute Gasteiger partial charge is 0.00747 e.